The molecule has 0 spiro atoms. The molecule has 1 fully saturated rings. The number of amides is 1. The van der Waals surface area contributed by atoms with Crippen LogP contribution in [0.15, 0.2) is 84.7 Å². The Labute approximate surface area is 222 Å². The van der Waals surface area contributed by atoms with Crippen molar-refractivity contribution < 1.29 is 24.2 Å². The van der Waals surface area contributed by atoms with Gasteiger partial charge in [0.15, 0.2) is 10.9 Å². The number of carbonyl (C=O) groups excluding carboxylic acids is 3. The lowest BCUT2D eigenvalue weighted by atomic mass is 9.95. The second-order valence-electron chi connectivity index (χ2n) is 8.72. The van der Waals surface area contributed by atoms with Crippen LogP contribution in [-0.2, 0) is 16.2 Å². The summed E-state index contributed by atoms with van der Waals surface area (Å²) in [6.07, 6.45) is 2.98. The van der Waals surface area contributed by atoms with Crippen LogP contribution >= 0.6 is 11.3 Å². The van der Waals surface area contributed by atoms with Crippen molar-refractivity contribution >= 4 is 39.7 Å². The van der Waals surface area contributed by atoms with E-state index in [0.717, 1.165) is 16.9 Å². The van der Waals surface area contributed by atoms with E-state index in [0.29, 0.717) is 34.1 Å². The number of thiazole rings is 1. The molecule has 4 aromatic rings. The normalized spacial score (nSPS) is 16.6. The summed E-state index contributed by atoms with van der Waals surface area (Å²) in [7, 11) is 0. The minimum absolute atomic E-state index is 0.0728. The number of pyridine rings is 1. The molecule has 1 atom stereocenters. The molecule has 1 aliphatic heterocycles. The molecule has 5 rings (SSSR count). The molecule has 0 aliphatic carbocycles. The molecule has 1 unspecified atom stereocenters. The number of rotatable bonds is 7. The molecular weight excluding hydrogens is 502 g/mol. The number of Topliss-reactive ketones (excluding diaryl/α,β-unsaturated/α-hetero) is 2. The van der Waals surface area contributed by atoms with Gasteiger partial charge in [-0.2, -0.15) is 0 Å². The summed E-state index contributed by atoms with van der Waals surface area (Å²) in [5.74, 6) is -1.57. The van der Waals surface area contributed by atoms with Crippen LogP contribution in [0, 0.1) is 6.92 Å². The number of hydrogen-bond acceptors (Lipinski definition) is 8. The molecule has 0 radical (unpaired) electrons. The van der Waals surface area contributed by atoms with Crippen LogP contribution in [0.4, 0.5) is 5.13 Å². The fourth-order valence-electron chi connectivity index (χ4n) is 4.31. The molecule has 8 nitrogen and oxygen atoms in total. The molecule has 3 heterocycles. The molecule has 9 heteroatoms. The van der Waals surface area contributed by atoms with Gasteiger partial charge in [0, 0.05) is 24.9 Å². The Balaban J connectivity index is 1.57. The molecule has 1 aliphatic rings. The molecule has 0 saturated carbocycles. The zero-order valence-electron chi connectivity index (χ0n) is 20.6. The monoisotopic (exact) mass is 525 g/mol. The molecule has 2 aromatic heterocycles. The highest BCUT2D eigenvalue weighted by atomic mass is 32.1. The first-order valence-electron chi connectivity index (χ1n) is 11.8. The third kappa shape index (κ3) is 4.71. The first kappa shape index (κ1) is 25.0. The number of carbonyl (C=O) groups is 3. The van der Waals surface area contributed by atoms with Gasteiger partial charge >= 0.3 is 5.91 Å². The van der Waals surface area contributed by atoms with Gasteiger partial charge < -0.3 is 9.84 Å². The van der Waals surface area contributed by atoms with E-state index in [4.69, 9.17) is 4.74 Å². The summed E-state index contributed by atoms with van der Waals surface area (Å²) >= 11 is 1.04. The van der Waals surface area contributed by atoms with Crippen LogP contribution in [0.3, 0.4) is 0 Å². The van der Waals surface area contributed by atoms with Crippen LogP contribution in [0.5, 0.6) is 5.75 Å². The smallest absolute Gasteiger partial charge is 0.301 e. The van der Waals surface area contributed by atoms with Gasteiger partial charge in [-0.15, -0.1) is 0 Å². The maximum atomic E-state index is 13.3. The molecule has 38 heavy (non-hydrogen) atoms. The molecule has 190 valence electrons. The highest BCUT2D eigenvalue weighted by Crippen LogP contribution is 2.44. The Bertz CT molecular complexity index is 1550. The fraction of sp³-hybridized carbons (Fsp3) is 0.138. The number of aliphatic hydroxyl groups is 1. The van der Waals surface area contributed by atoms with Crippen LogP contribution in [-0.4, -0.2) is 32.5 Å². The lowest BCUT2D eigenvalue weighted by Gasteiger charge is -2.23. The predicted molar refractivity (Wildman–Crippen MR) is 143 cm³/mol. The van der Waals surface area contributed by atoms with Crippen molar-refractivity contribution in [3.63, 3.8) is 0 Å². The molecule has 0 bridgehead atoms. The van der Waals surface area contributed by atoms with E-state index in [9.17, 15) is 19.5 Å². The summed E-state index contributed by atoms with van der Waals surface area (Å²) in [5, 5.41) is 11.4. The van der Waals surface area contributed by atoms with Crippen molar-refractivity contribution in [1.82, 2.24) is 9.97 Å². The highest BCUT2D eigenvalue weighted by molar-refractivity contribution is 7.18. The SMILES string of the molecule is CC(=O)c1sc(N2C(=O)C(=O)/C(=C(/O)c3ccncc3)C2c2ccc(OCc3ccccc3)cc2)nc1C. The second-order valence-corrected chi connectivity index (χ2v) is 9.69. The second kappa shape index (κ2) is 10.4. The first-order chi connectivity index (χ1) is 18.3. The number of anilines is 1. The maximum Gasteiger partial charge on any atom is 0.301 e. The number of hydrogen-bond donors (Lipinski definition) is 1. The Morgan fingerprint density at radius 2 is 1.71 bits per heavy atom. The van der Waals surface area contributed by atoms with Crippen molar-refractivity contribution in [2.75, 3.05) is 4.90 Å². The van der Waals surface area contributed by atoms with Gasteiger partial charge in [0.25, 0.3) is 5.78 Å². The fourth-order valence-corrected chi connectivity index (χ4v) is 5.30. The highest BCUT2D eigenvalue weighted by Gasteiger charge is 2.48. The number of aryl methyl sites for hydroxylation is 1. The average molecular weight is 526 g/mol. The zero-order valence-corrected chi connectivity index (χ0v) is 21.4. The maximum absolute atomic E-state index is 13.3. The third-order valence-electron chi connectivity index (χ3n) is 6.15. The Morgan fingerprint density at radius 1 is 1.03 bits per heavy atom. The topological polar surface area (TPSA) is 110 Å². The summed E-state index contributed by atoms with van der Waals surface area (Å²) < 4.78 is 5.89. The number of ketones is 2. The Kier molecular flexibility index (Phi) is 6.85. The van der Waals surface area contributed by atoms with E-state index >= 15 is 0 Å². The average Bonchev–Trinajstić information content (AvgIpc) is 3.45. The number of aromatic nitrogens is 2. The minimum Gasteiger partial charge on any atom is -0.507 e. The molecule has 1 saturated heterocycles. The van der Waals surface area contributed by atoms with Crippen molar-refractivity contribution in [1.29, 1.82) is 0 Å². The number of aliphatic hydroxyl groups excluding tert-OH is 1. The molecule has 1 N–H and O–H groups in total. The van der Waals surface area contributed by atoms with Crippen molar-refractivity contribution in [2.24, 2.45) is 0 Å². The Morgan fingerprint density at radius 3 is 2.34 bits per heavy atom. The van der Waals surface area contributed by atoms with Gasteiger partial charge in [-0.05, 0) is 42.3 Å². The van der Waals surface area contributed by atoms with Crippen molar-refractivity contribution in [3.05, 3.63) is 112 Å². The Hall–Kier alpha value is -4.63. The quantitative estimate of drug-likeness (QED) is 0.152. The summed E-state index contributed by atoms with van der Waals surface area (Å²) in [6, 6.07) is 18.9. The summed E-state index contributed by atoms with van der Waals surface area (Å²) in [4.78, 5) is 48.8. The summed E-state index contributed by atoms with van der Waals surface area (Å²) in [5.41, 5.74) is 2.34. The number of ether oxygens (including phenoxy) is 1. The largest absolute Gasteiger partial charge is 0.507 e. The van der Waals surface area contributed by atoms with Crippen LogP contribution in [0.1, 0.15) is 45.0 Å². The van der Waals surface area contributed by atoms with E-state index in [2.05, 4.69) is 9.97 Å². The van der Waals surface area contributed by atoms with Gasteiger partial charge in [0.05, 0.1) is 22.2 Å². The lowest BCUT2D eigenvalue weighted by Crippen LogP contribution is -2.29. The van der Waals surface area contributed by atoms with Gasteiger partial charge in [0.2, 0.25) is 0 Å². The number of nitrogens with zero attached hydrogens (tertiary/aromatic N) is 3. The number of benzene rings is 2. The van der Waals surface area contributed by atoms with E-state index in [1.54, 1.807) is 43.3 Å². The zero-order chi connectivity index (χ0) is 26.8. The van der Waals surface area contributed by atoms with Crippen molar-refractivity contribution in [2.45, 2.75) is 26.5 Å². The van der Waals surface area contributed by atoms with Crippen LogP contribution in [0.2, 0.25) is 0 Å². The van der Waals surface area contributed by atoms with E-state index < -0.39 is 17.7 Å². The van der Waals surface area contributed by atoms with Gasteiger partial charge in [-0.3, -0.25) is 24.3 Å². The molecule has 2 aromatic carbocycles. The van der Waals surface area contributed by atoms with Crippen LogP contribution < -0.4 is 9.64 Å². The van der Waals surface area contributed by atoms with E-state index in [-0.39, 0.29) is 22.2 Å². The van der Waals surface area contributed by atoms with Gasteiger partial charge in [0.1, 0.15) is 18.1 Å². The van der Waals surface area contributed by atoms with E-state index in [1.807, 2.05) is 30.3 Å². The third-order valence-corrected chi connectivity index (χ3v) is 7.41. The minimum atomic E-state index is -0.961. The predicted octanol–water partition coefficient (Wildman–Crippen LogP) is 5.25. The first-order valence-corrected chi connectivity index (χ1v) is 12.6. The van der Waals surface area contributed by atoms with Crippen molar-refractivity contribution in [3.8, 4) is 5.75 Å². The standard InChI is InChI=1S/C29H23N3O5S/c1-17-27(18(2)33)38-29(31-17)32-24(23(26(35)28(32)36)25(34)21-12-14-30-15-13-21)20-8-10-22(11-9-20)37-16-19-6-4-3-5-7-19/h3-15,24,34H,16H2,1-2H3/b25-23+. The summed E-state index contributed by atoms with van der Waals surface area (Å²) in [6.45, 7) is 3.48. The molecule has 1 amide bonds. The van der Waals surface area contributed by atoms with E-state index in [1.165, 1.54) is 24.2 Å². The van der Waals surface area contributed by atoms with Crippen LogP contribution in [0.25, 0.3) is 5.76 Å². The van der Waals surface area contributed by atoms with Gasteiger partial charge in [-0.1, -0.05) is 53.8 Å². The lowest BCUT2D eigenvalue weighted by molar-refractivity contribution is -0.132. The van der Waals surface area contributed by atoms with Gasteiger partial charge in [-0.25, -0.2) is 4.98 Å². The molecular formula is C29H23N3O5S.